The van der Waals surface area contributed by atoms with E-state index in [0.29, 0.717) is 37.0 Å². The molecule has 0 saturated carbocycles. The first-order valence-electron chi connectivity index (χ1n) is 7.99. The van der Waals surface area contributed by atoms with Crippen molar-refractivity contribution >= 4 is 17.8 Å². The van der Waals surface area contributed by atoms with Gasteiger partial charge >= 0.3 is 0 Å². The van der Waals surface area contributed by atoms with Crippen LogP contribution in [0.1, 0.15) is 16.8 Å². The largest absolute Gasteiger partial charge is 0.386 e. The van der Waals surface area contributed by atoms with Gasteiger partial charge in [-0.1, -0.05) is 0 Å². The van der Waals surface area contributed by atoms with Crippen LogP contribution >= 0.6 is 0 Å². The molecular weight excluding hydrogens is 322 g/mol. The topological polar surface area (TPSA) is 107 Å². The molecule has 0 radical (unpaired) electrons. The average Bonchev–Trinajstić information content (AvgIpc) is 3.03. The van der Waals surface area contributed by atoms with Crippen molar-refractivity contribution in [3.63, 3.8) is 0 Å². The van der Waals surface area contributed by atoms with Gasteiger partial charge in [0.25, 0.3) is 5.91 Å². The molecule has 9 nitrogen and oxygen atoms in total. The van der Waals surface area contributed by atoms with E-state index in [0.717, 1.165) is 0 Å². The maximum atomic E-state index is 12.2. The number of aromatic nitrogens is 4. The van der Waals surface area contributed by atoms with E-state index in [2.05, 4.69) is 25.3 Å². The molecule has 1 atom stereocenters. The van der Waals surface area contributed by atoms with Crippen LogP contribution < -0.4 is 15.1 Å². The predicted octanol–water partition coefficient (Wildman–Crippen LogP) is -0.296. The molecule has 1 aliphatic rings. The van der Waals surface area contributed by atoms with Crippen LogP contribution in [-0.4, -0.2) is 70.3 Å². The van der Waals surface area contributed by atoms with Gasteiger partial charge in [0.15, 0.2) is 0 Å². The predicted molar refractivity (Wildman–Crippen MR) is 92.5 cm³/mol. The van der Waals surface area contributed by atoms with E-state index in [1.165, 1.54) is 12.4 Å². The van der Waals surface area contributed by atoms with E-state index in [-0.39, 0.29) is 12.5 Å². The summed E-state index contributed by atoms with van der Waals surface area (Å²) in [6.07, 6.45) is 6.81. The molecule has 1 saturated heterocycles. The summed E-state index contributed by atoms with van der Waals surface area (Å²) in [7, 11) is 3.65. The molecule has 1 unspecified atom stereocenters. The molecule has 25 heavy (non-hydrogen) atoms. The van der Waals surface area contributed by atoms with Crippen LogP contribution in [-0.2, 0) is 0 Å². The van der Waals surface area contributed by atoms with Gasteiger partial charge in [0.1, 0.15) is 5.60 Å². The van der Waals surface area contributed by atoms with Crippen molar-refractivity contribution < 1.29 is 9.90 Å². The number of carbonyl (C=O) groups is 1. The highest BCUT2D eigenvalue weighted by molar-refractivity contribution is 5.93. The number of β-amino-alcohol motifs (C(OH)–C–C–N with tert-alkyl or cyclic N) is 1. The number of anilines is 2. The lowest BCUT2D eigenvalue weighted by Gasteiger charge is -2.23. The molecule has 0 spiro atoms. The second-order valence-electron chi connectivity index (χ2n) is 6.29. The fourth-order valence-electron chi connectivity index (χ4n) is 2.64. The van der Waals surface area contributed by atoms with Gasteiger partial charge < -0.3 is 20.2 Å². The third-order valence-corrected chi connectivity index (χ3v) is 4.05. The maximum absolute atomic E-state index is 12.2. The van der Waals surface area contributed by atoms with Gasteiger partial charge in [-0.2, -0.15) is 0 Å². The molecule has 0 aliphatic carbocycles. The second kappa shape index (κ2) is 6.98. The fourth-order valence-corrected chi connectivity index (χ4v) is 2.64. The fraction of sp³-hybridized carbons (Fsp3) is 0.438. The number of rotatable bonds is 5. The molecule has 1 fully saturated rings. The molecule has 3 heterocycles. The summed E-state index contributed by atoms with van der Waals surface area (Å²) < 4.78 is 0. The zero-order chi connectivity index (χ0) is 17.9. The van der Waals surface area contributed by atoms with Crippen LogP contribution in [0, 0.1) is 0 Å². The Bertz CT molecular complexity index is 723. The van der Waals surface area contributed by atoms with Crippen molar-refractivity contribution in [2.24, 2.45) is 0 Å². The third-order valence-electron chi connectivity index (χ3n) is 4.05. The van der Waals surface area contributed by atoms with E-state index >= 15 is 0 Å². The van der Waals surface area contributed by atoms with E-state index in [9.17, 15) is 9.90 Å². The van der Waals surface area contributed by atoms with Gasteiger partial charge in [-0.15, -0.1) is 0 Å². The highest BCUT2D eigenvalue weighted by atomic mass is 16.3. The first-order valence-corrected chi connectivity index (χ1v) is 7.99. The summed E-state index contributed by atoms with van der Waals surface area (Å²) in [4.78, 5) is 32.5. The first-order chi connectivity index (χ1) is 12.0. The normalized spacial score (nSPS) is 19.7. The Labute approximate surface area is 145 Å². The van der Waals surface area contributed by atoms with Crippen molar-refractivity contribution in [1.29, 1.82) is 0 Å². The molecule has 1 aliphatic heterocycles. The molecule has 2 aromatic rings. The van der Waals surface area contributed by atoms with E-state index in [1.807, 2.05) is 19.0 Å². The number of aliphatic hydroxyl groups is 1. The first kappa shape index (κ1) is 17.0. The number of hydrogen-bond donors (Lipinski definition) is 2. The van der Waals surface area contributed by atoms with Gasteiger partial charge in [-0.05, 0) is 12.5 Å². The minimum absolute atomic E-state index is 0.143. The van der Waals surface area contributed by atoms with Crippen LogP contribution in [0.25, 0.3) is 0 Å². The lowest BCUT2D eigenvalue weighted by atomic mass is 10.0. The Morgan fingerprint density at radius 3 is 2.60 bits per heavy atom. The number of nitrogens with one attached hydrogen (secondary N) is 1. The maximum Gasteiger partial charge on any atom is 0.254 e. The van der Waals surface area contributed by atoms with Crippen LogP contribution in [0.4, 0.5) is 11.9 Å². The minimum atomic E-state index is -1.01. The summed E-state index contributed by atoms with van der Waals surface area (Å²) in [6, 6.07) is 1.75. The van der Waals surface area contributed by atoms with Crippen LogP contribution in [0.5, 0.6) is 0 Å². The molecule has 1 amide bonds. The Morgan fingerprint density at radius 2 is 1.96 bits per heavy atom. The molecule has 0 bridgehead atoms. The van der Waals surface area contributed by atoms with Gasteiger partial charge in [-0.25, -0.2) is 19.9 Å². The summed E-state index contributed by atoms with van der Waals surface area (Å²) in [5.41, 5.74) is -0.658. The lowest BCUT2D eigenvalue weighted by molar-refractivity contribution is 0.0575. The summed E-state index contributed by atoms with van der Waals surface area (Å²) in [5, 5.41) is 13.4. The van der Waals surface area contributed by atoms with Crippen molar-refractivity contribution in [3.8, 4) is 0 Å². The third kappa shape index (κ3) is 4.00. The highest BCUT2D eigenvalue weighted by Crippen LogP contribution is 2.23. The van der Waals surface area contributed by atoms with Crippen LogP contribution in [0.3, 0.4) is 0 Å². The average molecular weight is 343 g/mol. The monoisotopic (exact) mass is 343 g/mol. The summed E-state index contributed by atoms with van der Waals surface area (Å²) in [5.74, 6) is 0.801. The Kier molecular flexibility index (Phi) is 4.75. The smallest absolute Gasteiger partial charge is 0.254 e. The molecule has 9 heteroatoms. The number of carbonyl (C=O) groups excluding carboxylic acids is 1. The minimum Gasteiger partial charge on any atom is -0.386 e. The summed E-state index contributed by atoms with van der Waals surface area (Å²) in [6.45, 7) is 1.15. The molecule has 0 aromatic carbocycles. The van der Waals surface area contributed by atoms with Crippen molar-refractivity contribution in [2.75, 3.05) is 43.5 Å². The van der Waals surface area contributed by atoms with Gasteiger partial charge in [0.2, 0.25) is 11.9 Å². The molecular formula is C16H21N7O2. The zero-order valence-corrected chi connectivity index (χ0v) is 14.3. The van der Waals surface area contributed by atoms with Crippen molar-refractivity contribution in [3.05, 3.63) is 36.4 Å². The van der Waals surface area contributed by atoms with Crippen molar-refractivity contribution in [2.45, 2.75) is 12.0 Å². The SMILES string of the molecule is CN(C)c1ncc(C(=O)NCC2(O)CCN(c3ncccn3)C2)cn1. The molecule has 132 valence electrons. The quantitative estimate of drug-likeness (QED) is 0.762. The lowest BCUT2D eigenvalue weighted by Crippen LogP contribution is -2.45. The Hall–Kier alpha value is -2.81. The van der Waals surface area contributed by atoms with E-state index in [1.54, 1.807) is 23.4 Å². The van der Waals surface area contributed by atoms with Crippen LogP contribution in [0.15, 0.2) is 30.9 Å². The van der Waals surface area contributed by atoms with Gasteiger partial charge in [0, 0.05) is 52.0 Å². The van der Waals surface area contributed by atoms with E-state index < -0.39 is 5.60 Å². The molecule has 3 rings (SSSR count). The molecule has 2 aromatic heterocycles. The number of nitrogens with zero attached hydrogens (tertiary/aromatic N) is 6. The highest BCUT2D eigenvalue weighted by Gasteiger charge is 2.37. The second-order valence-corrected chi connectivity index (χ2v) is 6.29. The Balaban J connectivity index is 1.56. The van der Waals surface area contributed by atoms with Gasteiger partial charge in [-0.3, -0.25) is 4.79 Å². The number of amides is 1. The van der Waals surface area contributed by atoms with E-state index in [4.69, 9.17) is 0 Å². The van der Waals surface area contributed by atoms with Crippen molar-refractivity contribution in [1.82, 2.24) is 25.3 Å². The zero-order valence-electron chi connectivity index (χ0n) is 14.3. The standard InChI is InChI=1S/C16H21N7O2/c1-22(2)14-19-8-12(9-20-14)13(24)21-10-16(25)4-7-23(11-16)15-17-5-3-6-18-15/h3,5-6,8-9,25H,4,7,10-11H2,1-2H3,(H,21,24). The summed E-state index contributed by atoms with van der Waals surface area (Å²) >= 11 is 0. The Morgan fingerprint density at radius 1 is 1.28 bits per heavy atom. The number of hydrogen-bond acceptors (Lipinski definition) is 8. The molecule has 2 N–H and O–H groups in total. The van der Waals surface area contributed by atoms with Gasteiger partial charge in [0.05, 0.1) is 12.1 Å². The van der Waals surface area contributed by atoms with Crippen LogP contribution in [0.2, 0.25) is 0 Å².